The Morgan fingerprint density at radius 3 is 2.96 bits per heavy atom. The van der Waals surface area contributed by atoms with Crippen LogP contribution in [0.15, 0.2) is 41.9 Å². The van der Waals surface area contributed by atoms with Crippen molar-refractivity contribution < 1.29 is 4.92 Å². The van der Waals surface area contributed by atoms with Crippen LogP contribution < -0.4 is 5.32 Å². The third-order valence-corrected chi connectivity index (χ3v) is 6.68. The summed E-state index contributed by atoms with van der Waals surface area (Å²) in [5.41, 5.74) is 0.847. The summed E-state index contributed by atoms with van der Waals surface area (Å²) in [6.07, 6.45) is 4.49. The maximum atomic E-state index is 11.0. The summed E-state index contributed by atoms with van der Waals surface area (Å²) >= 11 is 10.8. The maximum absolute atomic E-state index is 11.0. The number of rotatable bonds is 12. The molecule has 7 nitrogen and oxygen atoms in total. The molecular formula is C16H20ClN5O2S3. The van der Waals surface area contributed by atoms with Crippen molar-refractivity contribution in [3.05, 3.63) is 67.8 Å². The number of nitrogens with one attached hydrogen (secondary N) is 1. The number of aromatic nitrogens is 2. The molecule has 27 heavy (non-hydrogen) atoms. The molecule has 0 amide bonds. The highest BCUT2D eigenvalue weighted by Gasteiger charge is 2.13. The van der Waals surface area contributed by atoms with Crippen molar-refractivity contribution in [1.82, 2.24) is 19.6 Å². The smallest absolute Gasteiger partial charge is 0.275 e. The van der Waals surface area contributed by atoms with Gasteiger partial charge >= 0.3 is 0 Å². The Labute approximate surface area is 175 Å². The number of pyridine rings is 1. The standard InChI is InChI=1S/C16H20ClN5O2S3/c1-2-21(27-12-16-20-7-9-26-16)15(10-22(23)24)19-6-8-25-11-14-13(17)4-3-5-18-14/h3-5,7,9-10,19H,2,6,8,11-12H2,1H3. The second kappa shape index (κ2) is 12.1. The fraction of sp³-hybridized carbons (Fsp3) is 0.375. The molecule has 0 aliphatic carbocycles. The zero-order chi connectivity index (χ0) is 19.5. The van der Waals surface area contributed by atoms with E-state index in [2.05, 4.69) is 15.3 Å². The summed E-state index contributed by atoms with van der Waals surface area (Å²) in [5, 5.41) is 17.7. The van der Waals surface area contributed by atoms with Gasteiger partial charge in [-0.15, -0.1) is 11.3 Å². The van der Waals surface area contributed by atoms with E-state index in [9.17, 15) is 10.1 Å². The number of hydrogen-bond acceptors (Lipinski definition) is 9. The Balaban J connectivity index is 1.82. The molecule has 0 atom stereocenters. The zero-order valence-electron chi connectivity index (χ0n) is 14.7. The summed E-state index contributed by atoms with van der Waals surface area (Å²) in [7, 11) is 0. The number of nitro groups is 1. The molecule has 2 aromatic heterocycles. The normalized spacial score (nSPS) is 11.4. The fourth-order valence-electron chi connectivity index (χ4n) is 2.03. The minimum atomic E-state index is -0.435. The predicted octanol–water partition coefficient (Wildman–Crippen LogP) is 4.26. The zero-order valence-corrected chi connectivity index (χ0v) is 17.9. The SMILES string of the molecule is CCN(SCc1nccs1)C(=C[N+](=O)[O-])NCCSCc1ncccc1Cl. The van der Waals surface area contributed by atoms with Gasteiger partial charge in [-0.3, -0.25) is 19.4 Å². The molecule has 1 N–H and O–H groups in total. The van der Waals surface area contributed by atoms with E-state index in [0.29, 0.717) is 35.4 Å². The van der Waals surface area contributed by atoms with Gasteiger partial charge in [0.25, 0.3) is 6.20 Å². The molecule has 0 bridgehead atoms. The molecule has 2 heterocycles. The van der Waals surface area contributed by atoms with Gasteiger partial charge in [-0.25, -0.2) is 4.98 Å². The van der Waals surface area contributed by atoms with Gasteiger partial charge in [0, 0.05) is 42.4 Å². The molecule has 0 aliphatic heterocycles. The summed E-state index contributed by atoms with van der Waals surface area (Å²) in [6.45, 7) is 3.20. The molecule has 2 rings (SSSR count). The topological polar surface area (TPSA) is 84.2 Å². The van der Waals surface area contributed by atoms with Crippen molar-refractivity contribution in [3.8, 4) is 0 Å². The average Bonchev–Trinajstić information content (AvgIpc) is 3.16. The number of thioether (sulfide) groups is 1. The van der Waals surface area contributed by atoms with Gasteiger partial charge in [0.1, 0.15) is 5.01 Å². The van der Waals surface area contributed by atoms with Gasteiger partial charge in [0.2, 0.25) is 0 Å². The first-order valence-corrected chi connectivity index (χ1v) is 11.5. The van der Waals surface area contributed by atoms with Crippen molar-refractivity contribution in [3.63, 3.8) is 0 Å². The van der Waals surface area contributed by atoms with Crippen LogP contribution in [-0.4, -0.2) is 38.0 Å². The number of nitrogens with zero attached hydrogens (tertiary/aromatic N) is 4. The van der Waals surface area contributed by atoms with E-state index in [4.69, 9.17) is 11.6 Å². The van der Waals surface area contributed by atoms with Gasteiger partial charge in [0.15, 0.2) is 5.82 Å². The second-order valence-corrected chi connectivity index (χ2v) is 8.58. The lowest BCUT2D eigenvalue weighted by atomic mass is 10.4. The number of hydrogen-bond donors (Lipinski definition) is 1. The first-order chi connectivity index (χ1) is 13.1. The van der Waals surface area contributed by atoms with Gasteiger partial charge in [-0.2, -0.15) is 11.8 Å². The average molecular weight is 446 g/mol. The molecular weight excluding hydrogens is 426 g/mol. The van der Waals surface area contributed by atoms with Crippen molar-refractivity contribution in [2.24, 2.45) is 0 Å². The Kier molecular flexibility index (Phi) is 9.74. The van der Waals surface area contributed by atoms with Crippen LogP contribution in [0.2, 0.25) is 5.02 Å². The Hall–Kier alpha value is -1.49. The first kappa shape index (κ1) is 21.8. The lowest BCUT2D eigenvalue weighted by Crippen LogP contribution is -2.29. The van der Waals surface area contributed by atoms with E-state index in [0.717, 1.165) is 22.7 Å². The Bertz CT molecular complexity index is 745. The lowest BCUT2D eigenvalue weighted by Gasteiger charge is -2.23. The summed E-state index contributed by atoms with van der Waals surface area (Å²) < 4.78 is 1.88. The lowest BCUT2D eigenvalue weighted by molar-refractivity contribution is -0.404. The van der Waals surface area contributed by atoms with Crippen LogP contribution in [0.4, 0.5) is 0 Å². The fourth-order valence-corrected chi connectivity index (χ4v) is 4.72. The summed E-state index contributed by atoms with van der Waals surface area (Å²) in [4.78, 5) is 19.0. The maximum Gasteiger partial charge on any atom is 0.275 e. The van der Waals surface area contributed by atoms with Crippen molar-refractivity contribution in [2.45, 2.75) is 18.4 Å². The molecule has 0 aliphatic rings. The molecule has 0 saturated heterocycles. The summed E-state index contributed by atoms with van der Waals surface area (Å²) in [6, 6.07) is 3.62. The predicted molar refractivity (Wildman–Crippen MR) is 114 cm³/mol. The van der Waals surface area contributed by atoms with Crippen LogP contribution in [0.3, 0.4) is 0 Å². The highest BCUT2D eigenvalue weighted by molar-refractivity contribution is 7.98. The second-order valence-electron chi connectivity index (χ2n) is 5.10. The van der Waals surface area contributed by atoms with Crippen LogP contribution in [-0.2, 0) is 11.5 Å². The van der Waals surface area contributed by atoms with Crippen LogP contribution >= 0.6 is 46.6 Å². The van der Waals surface area contributed by atoms with Crippen molar-refractivity contribution >= 4 is 46.6 Å². The molecule has 0 spiro atoms. The van der Waals surface area contributed by atoms with E-state index in [-0.39, 0.29) is 0 Å². The molecule has 11 heteroatoms. The molecule has 146 valence electrons. The van der Waals surface area contributed by atoms with E-state index in [1.807, 2.05) is 22.7 Å². The number of halogens is 1. The van der Waals surface area contributed by atoms with Crippen LogP contribution in [0.25, 0.3) is 0 Å². The molecule has 0 fully saturated rings. The largest absolute Gasteiger partial charge is 0.365 e. The molecule has 0 unspecified atom stereocenters. The summed E-state index contributed by atoms with van der Waals surface area (Å²) in [5.74, 6) is 2.64. The van der Waals surface area contributed by atoms with Crippen LogP contribution in [0, 0.1) is 10.1 Å². The van der Waals surface area contributed by atoms with Crippen LogP contribution in [0.5, 0.6) is 0 Å². The monoisotopic (exact) mass is 445 g/mol. The van der Waals surface area contributed by atoms with E-state index in [1.54, 1.807) is 41.6 Å². The first-order valence-electron chi connectivity index (χ1n) is 8.15. The highest BCUT2D eigenvalue weighted by atomic mass is 35.5. The molecule has 0 radical (unpaired) electrons. The Morgan fingerprint density at radius 2 is 2.30 bits per heavy atom. The molecule has 2 aromatic rings. The van der Waals surface area contributed by atoms with Gasteiger partial charge in [0.05, 0.1) is 21.4 Å². The van der Waals surface area contributed by atoms with Gasteiger partial charge in [-0.05, 0) is 31.0 Å². The van der Waals surface area contributed by atoms with E-state index < -0.39 is 4.92 Å². The molecule has 0 saturated carbocycles. The number of thiazole rings is 1. The minimum absolute atomic E-state index is 0.435. The van der Waals surface area contributed by atoms with Crippen molar-refractivity contribution in [1.29, 1.82) is 0 Å². The third-order valence-electron chi connectivity index (χ3n) is 3.24. The highest BCUT2D eigenvalue weighted by Crippen LogP contribution is 2.22. The Morgan fingerprint density at radius 1 is 1.44 bits per heavy atom. The van der Waals surface area contributed by atoms with E-state index in [1.165, 1.54) is 11.9 Å². The van der Waals surface area contributed by atoms with Crippen molar-refractivity contribution in [2.75, 3.05) is 18.8 Å². The van der Waals surface area contributed by atoms with Gasteiger partial charge in [-0.1, -0.05) is 11.6 Å². The third kappa shape index (κ3) is 7.96. The van der Waals surface area contributed by atoms with E-state index >= 15 is 0 Å². The van der Waals surface area contributed by atoms with Gasteiger partial charge < -0.3 is 5.32 Å². The van der Waals surface area contributed by atoms with Crippen LogP contribution in [0.1, 0.15) is 17.6 Å². The quantitative estimate of drug-likeness (QED) is 0.224. The molecule has 0 aromatic carbocycles. The minimum Gasteiger partial charge on any atom is -0.365 e.